The molecule has 2 aromatic heterocycles. The number of nitrogens with zero attached hydrogens (tertiary/aromatic N) is 5. The van der Waals surface area contributed by atoms with Gasteiger partial charge in [-0.2, -0.15) is 5.26 Å². The third-order valence-electron chi connectivity index (χ3n) is 4.60. The second-order valence-electron chi connectivity index (χ2n) is 6.66. The summed E-state index contributed by atoms with van der Waals surface area (Å²) < 4.78 is 1.85. The molecule has 0 saturated heterocycles. The normalized spacial score (nSPS) is 17.8. The molecule has 0 spiro atoms. The van der Waals surface area contributed by atoms with E-state index in [-0.39, 0.29) is 11.2 Å². The Morgan fingerprint density at radius 1 is 1.36 bits per heavy atom. The second kappa shape index (κ2) is 7.00. The summed E-state index contributed by atoms with van der Waals surface area (Å²) in [5.74, 6) is 0.399. The van der Waals surface area contributed by atoms with E-state index < -0.39 is 5.54 Å². The van der Waals surface area contributed by atoms with Gasteiger partial charge in [0.25, 0.3) is 5.78 Å². The standard InChI is InChI=1S/C17H22N6OS/c1-11-9-12(2)23-15(19-11)21-22-16(23)25-13(3)14(24)20-17(10-18)7-5-4-6-8-17/h9,13H,4-8H2,1-3H3,(H,20,24). The van der Waals surface area contributed by atoms with E-state index in [2.05, 4.69) is 26.6 Å². The summed E-state index contributed by atoms with van der Waals surface area (Å²) in [6.07, 6.45) is 4.54. The Balaban J connectivity index is 1.75. The van der Waals surface area contributed by atoms with Crippen molar-refractivity contribution in [3.05, 3.63) is 17.5 Å². The lowest BCUT2D eigenvalue weighted by Gasteiger charge is -2.32. The van der Waals surface area contributed by atoms with E-state index in [1.807, 2.05) is 31.2 Å². The van der Waals surface area contributed by atoms with Crippen LogP contribution in [0, 0.1) is 25.2 Å². The third-order valence-corrected chi connectivity index (χ3v) is 5.64. The highest BCUT2D eigenvalue weighted by molar-refractivity contribution is 8.00. The van der Waals surface area contributed by atoms with Crippen LogP contribution in [0.25, 0.3) is 5.78 Å². The van der Waals surface area contributed by atoms with Gasteiger partial charge in [0.1, 0.15) is 5.54 Å². The van der Waals surface area contributed by atoms with E-state index in [9.17, 15) is 10.1 Å². The molecule has 2 heterocycles. The van der Waals surface area contributed by atoms with Crippen LogP contribution in [0.3, 0.4) is 0 Å². The number of nitriles is 1. The fourth-order valence-electron chi connectivity index (χ4n) is 3.25. The maximum absolute atomic E-state index is 12.6. The molecule has 1 aliphatic rings. The van der Waals surface area contributed by atoms with Crippen LogP contribution in [-0.2, 0) is 4.79 Å². The lowest BCUT2D eigenvalue weighted by molar-refractivity contribution is -0.121. The summed E-state index contributed by atoms with van der Waals surface area (Å²) >= 11 is 1.33. The fraction of sp³-hybridized carbons (Fsp3) is 0.588. The van der Waals surface area contributed by atoms with Gasteiger partial charge in [0.05, 0.1) is 11.3 Å². The number of aromatic nitrogens is 4. The Morgan fingerprint density at radius 2 is 2.08 bits per heavy atom. The maximum atomic E-state index is 12.6. The van der Waals surface area contributed by atoms with Crippen molar-refractivity contribution < 1.29 is 4.79 Å². The van der Waals surface area contributed by atoms with Gasteiger partial charge in [-0.25, -0.2) is 4.98 Å². The van der Waals surface area contributed by atoms with E-state index in [4.69, 9.17) is 0 Å². The average Bonchev–Trinajstić information content (AvgIpc) is 2.98. The predicted molar refractivity (Wildman–Crippen MR) is 95.1 cm³/mol. The lowest BCUT2D eigenvalue weighted by Crippen LogP contribution is -2.50. The van der Waals surface area contributed by atoms with E-state index >= 15 is 0 Å². The van der Waals surface area contributed by atoms with Crippen molar-refractivity contribution in [3.63, 3.8) is 0 Å². The summed E-state index contributed by atoms with van der Waals surface area (Å²) in [7, 11) is 0. The molecule has 0 aromatic carbocycles. The van der Waals surface area contributed by atoms with Gasteiger partial charge >= 0.3 is 0 Å². The number of nitrogens with one attached hydrogen (secondary N) is 1. The molecule has 1 amide bonds. The van der Waals surface area contributed by atoms with Crippen LogP contribution in [0.5, 0.6) is 0 Å². The number of fused-ring (bicyclic) bond motifs is 1. The van der Waals surface area contributed by atoms with Crippen LogP contribution in [0.4, 0.5) is 0 Å². The number of carbonyl (C=O) groups excluding carboxylic acids is 1. The quantitative estimate of drug-likeness (QED) is 0.844. The molecule has 0 aliphatic heterocycles. The minimum Gasteiger partial charge on any atom is -0.337 e. The molecular formula is C17H22N6OS. The summed E-state index contributed by atoms with van der Waals surface area (Å²) in [5, 5.41) is 21.0. The van der Waals surface area contributed by atoms with Crippen molar-refractivity contribution in [1.82, 2.24) is 24.9 Å². The van der Waals surface area contributed by atoms with E-state index in [0.29, 0.717) is 10.9 Å². The molecular weight excluding hydrogens is 336 g/mol. The van der Waals surface area contributed by atoms with Crippen LogP contribution in [0.15, 0.2) is 11.2 Å². The van der Waals surface area contributed by atoms with E-state index in [0.717, 1.165) is 43.5 Å². The Morgan fingerprint density at radius 3 is 2.76 bits per heavy atom. The summed E-state index contributed by atoms with van der Waals surface area (Å²) in [4.78, 5) is 17.0. The van der Waals surface area contributed by atoms with Gasteiger partial charge in [-0.3, -0.25) is 9.20 Å². The highest BCUT2D eigenvalue weighted by Gasteiger charge is 2.35. The Hall–Kier alpha value is -2.14. The van der Waals surface area contributed by atoms with Gasteiger partial charge < -0.3 is 5.32 Å². The van der Waals surface area contributed by atoms with Crippen molar-refractivity contribution >= 4 is 23.4 Å². The van der Waals surface area contributed by atoms with E-state index in [1.54, 1.807) is 0 Å². The zero-order chi connectivity index (χ0) is 18.0. The highest BCUT2D eigenvalue weighted by atomic mass is 32.2. The lowest BCUT2D eigenvalue weighted by atomic mass is 9.83. The third kappa shape index (κ3) is 3.61. The van der Waals surface area contributed by atoms with Crippen LogP contribution in [0.1, 0.15) is 50.4 Å². The molecule has 1 saturated carbocycles. The van der Waals surface area contributed by atoms with Crippen LogP contribution < -0.4 is 5.32 Å². The minimum atomic E-state index is -0.717. The molecule has 2 aromatic rings. The molecule has 3 rings (SSSR count). The van der Waals surface area contributed by atoms with Crippen molar-refractivity contribution in [3.8, 4) is 6.07 Å². The molecule has 1 atom stereocenters. The first-order valence-corrected chi connectivity index (χ1v) is 9.41. The van der Waals surface area contributed by atoms with Crippen molar-refractivity contribution in [1.29, 1.82) is 5.26 Å². The molecule has 0 bridgehead atoms. The zero-order valence-corrected chi connectivity index (χ0v) is 15.6. The summed E-state index contributed by atoms with van der Waals surface area (Å²) in [6.45, 7) is 5.70. The first-order chi connectivity index (χ1) is 11.9. The SMILES string of the molecule is Cc1cc(C)n2c(SC(C)C(=O)NC3(C#N)CCCCC3)nnc2n1. The maximum Gasteiger partial charge on any atom is 0.256 e. The van der Waals surface area contributed by atoms with Crippen molar-refractivity contribution in [2.24, 2.45) is 0 Å². The topological polar surface area (TPSA) is 96.0 Å². The number of rotatable bonds is 4. The van der Waals surface area contributed by atoms with Crippen molar-refractivity contribution in [2.75, 3.05) is 0 Å². The summed E-state index contributed by atoms with van der Waals surface area (Å²) in [6, 6.07) is 4.28. The minimum absolute atomic E-state index is 0.136. The van der Waals surface area contributed by atoms with Gasteiger partial charge in [0.2, 0.25) is 5.91 Å². The Kier molecular flexibility index (Phi) is 4.95. The molecule has 25 heavy (non-hydrogen) atoms. The van der Waals surface area contributed by atoms with Crippen LogP contribution in [-0.4, -0.2) is 36.3 Å². The molecule has 1 aliphatic carbocycles. The number of amides is 1. The molecule has 1 N–H and O–H groups in total. The first kappa shape index (κ1) is 17.7. The molecule has 1 fully saturated rings. The predicted octanol–water partition coefficient (Wildman–Crippen LogP) is 2.56. The first-order valence-electron chi connectivity index (χ1n) is 8.53. The number of hydrogen-bond donors (Lipinski definition) is 1. The van der Waals surface area contributed by atoms with Gasteiger partial charge in [0.15, 0.2) is 5.16 Å². The Bertz CT molecular complexity index is 834. The van der Waals surface area contributed by atoms with Gasteiger partial charge in [0, 0.05) is 11.4 Å². The average molecular weight is 358 g/mol. The number of hydrogen-bond acceptors (Lipinski definition) is 6. The zero-order valence-electron chi connectivity index (χ0n) is 14.7. The number of carbonyl (C=O) groups is 1. The fourth-order valence-corrected chi connectivity index (χ4v) is 4.15. The van der Waals surface area contributed by atoms with Gasteiger partial charge in [-0.15, -0.1) is 10.2 Å². The number of thioether (sulfide) groups is 1. The van der Waals surface area contributed by atoms with Crippen LogP contribution >= 0.6 is 11.8 Å². The van der Waals surface area contributed by atoms with Gasteiger partial charge in [-0.05, 0) is 39.7 Å². The molecule has 8 heteroatoms. The largest absolute Gasteiger partial charge is 0.337 e. The molecule has 1 unspecified atom stereocenters. The molecule has 132 valence electrons. The van der Waals surface area contributed by atoms with Gasteiger partial charge in [-0.1, -0.05) is 31.0 Å². The molecule has 7 nitrogen and oxygen atoms in total. The smallest absolute Gasteiger partial charge is 0.256 e. The number of aryl methyl sites for hydroxylation is 2. The second-order valence-corrected chi connectivity index (χ2v) is 7.97. The summed E-state index contributed by atoms with van der Waals surface area (Å²) in [5.41, 5.74) is 1.14. The van der Waals surface area contributed by atoms with Crippen molar-refractivity contribution in [2.45, 2.75) is 68.8 Å². The molecule has 0 radical (unpaired) electrons. The van der Waals surface area contributed by atoms with E-state index in [1.165, 1.54) is 11.8 Å². The van der Waals surface area contributed by atoms with Crippen LogP contribution in [0.2, 0.25) is 0 Å². The monoisotopic (exact) mass is 358 g/mol. The Labute approximate surface area is 151 Å². The highest BCUT2D eigenvalue weighted by Crippen LogP contribution is 2.29.